The van der Waals surface area contributed by atoms with Crippen molar-refractivity contribution in [1.29, 1.82) is 0 Å². The van der Waals surface area contributed by atoms with Crippen molar-refractivity contribution >= 4 is 45.3 Å². The number of aliphatic imine (C=N–C) groups is 1. The summed E-state index contributed by atoms with van der Waals surface area (Å²) in [5, 5.41) is 3.22. The number of hydrogen-bond acceptors (Lipinski definition) is 6. The Labute approximate surface area is 202 Å². The first-order valence-electron chi connectivity index (χ1n) is 11.4. The summed E-state index contributed by atoms with van der Waals surface area (Å²) in [6.45, 7) is 1.15. The molecule has 0 fully saturated rings. The largest absolute Gasteiger partial charge is 0.454 e. The second-order valence-electron chi connectivity index (χ2n) is 8.96. The average Bonchev–Trinajstić information content (AvgIpc) is 3.32. The number of carbonyl (C=O) groups excluding carboxylic acids is 2. The molecule has 0 unspecified atom stereocenters. The highest BCUT2D eigenvalue weighted by Gasteiger charge is 2.34. The molecule has 0 aromatic heterocycles. The fourth-order valence-corrected chi connectivity index (χ4v) is 4.71. The first-order valence-corrected chi connectivity index (χ1v) is 11.4. The van der Waals surface area contributed by atoms with Gasteiger partial charge in [-0.15, -0.1) is 0 Å². The van der Waals surface area contributed by atoms with Crippen LogP contribution in [0.4, 0.5) is 5.69 Å². The van der Waals surface area contributed by atoms with Gasteiger partial charge in [-0.05, 0) is 66.8 Å². The first-order chi connectivity index (χ1) is 17.0. The topological polar surface area (TPSA) is 71.4 Å². The highest BCUT2D eigenvalue weighted by atomic mass is 16.7. The Kier molecular flexibility index (Phi) is 5.00. The number of hydrogen-bond donors (Lipinski definition) is 0. The van der Waals surface area contributed by atoms with Crippen LogP contribution in [0.5, 0.6) is 11.5 Å². The van der Waals surface area contributed by atoms with Gasteiger partial charge in [0, 0.05) is 35.6 Å². The lowest BCUT2D eigenvalue weighted by molar-refractivity contribution is 0.0602. The van der Waals surface area contributed by atoms with Gasteiger partial charge >= 0.3 is 0 Å². The molecular formula is C28H23N3O4. The first kappa shape index (κ1) is 21.3. The molecule has 0 saturated carbocycles. The maximum Gasteiger partial charge on any atom is 0.262 e. The molecule has 2 heterocycles. The van der Waals surface area contributed by atoms with Gasteiger partial charge in [0.1, 0.15) is 0 Å². The molecule has 7 heteroatoms. The number of imide groups is 1. The normalized spacial score (nSPS) is 14.8. The zero-order valence-electron chi connectivity index (χ0n) is 19.4. The lowest BCUT2D eigenvalue weighted by atomic mass is 9.89. The molecule has 0 N–H and O–H groups in total. The van der Waals surface area contributed by atoms with E-state index in [4.69, 9.17) is 14.5 Å². The van der Waals surface area contributed by atoms with E-state index in [2.05, 4.69) is 0 Å². The summed E-state index contributed by atoms with van der Waals surface area (Å²) in [6.07, 6.45) is 1.78. The number of amides is 2. The minimum absolute atomic E-state index is 0.221. The smallest absolute Gasteiger partial charge is 0.262 e. The molecule has 6 rings (SSSR count). The third kappa shape index (κ3) is 3.52. The summed E-state index contributed by atoms with van der Waals surface area (Å²) in [5.74, 6) is 0.915. The van der Waals surface area contributed by atoms with Gasteiger partial charge in [0.2, 0.25) is 6.79 Å². The molecule has 35 heavy (non-hydrogen) atoms. The van der Waals surface area contributed by atoms with Gasteiger partial charge in [0.05, 0.1) is 11.3 Å². The number of ether oxygens (including phenoxy) is 2. The summed E-state index contributed by atoms with van der Waals surface area (Å²) in [7, 11) is 3.85. The minimum atomic E-state index is -0.261. The van der Waals surface area contributed by atoms with Crippen molar-refractivity contribution < 1.29 is 19.1 Å². The van der Waals surface area contributed by atoms with E-state index in [1.165, 1.54) is 4.90 Å². The molecule has 2 aliphatic rings. The predicted molar refractivity (Wildman–Crippen MR) is 135 cm³/mol. The fourth-order valence-electron chi connectivity index (χ4n) is 4.71. The van der Waals surface area contributed by atoms with Gasteiger partial charge in [0.25, 0.3) is 11.8 Å². The van der Waals surface area contributed by atoms with E-state index >= 15 is 0 Å². The van der Waals surface area contributed by atoms with Crippen LogP contribution in [0.2, 0.25) is 0 Å². The number of likely N-dealkylation sites (N-methyl/N-ethyl adjacent to an activating group) is 1. The van der Waals surface area contributed by atoms with Crippen molar-refractivity contribution in [1.82, 2.24) is 9.80 Å². The third-order valence-electron chi connectivity index (χ3n) is 6.45. The SMILES string of the molecule is CN(C)CCN1C(=O)c2cccc3cc4c(/N=C/c5ccc6c(c5)OCO6)cccc4c(c23)C1=O. The van der Waals surface area contributed by atoms with Crippen LogP contribution >= 0.6 is 0 Å². The highest BCUT2D eigenvalue weighted by Crippen LogP contribution is 2.39. The fraction of sp³-hybridized carbons (Fsp3) is 0.179. The highest BCUT2D eigenvalue weighted by molar-refractivity contribution is 6.31. The van der Waals surface area contributed by atoms with Crippen molar-refractivity contribution in [2.45, 2.75) is 0 Å². The van der Waals surface area contributed by atoms with Crippen LogP contribution in [0.3, 0.4) is 0 Å². The number of nitrogens with zero attached hydrogens (tertiary/aromatic N) is 3. The van der Waals surface area contributed by atoms with E-state index in [0.717, 1.165) is 33.2 Å². The summed E-state index contributed by atoms with van der Waals surface area (Å²) >= 11 is 0. The second-order valence-corrected chi connectivity index (χ2v) is 8.96. The van der Waals surface area contributed by atoms with Gasteiger partial charge in [0.15, 0.2) is 11.5 Å². The van der Waals surface area contributed by atoms with Crippen LogP contribution in [-0.2, 0) is 0 Å². The summed E-state index contributed by atoms with van der Waals surface area (Å²) in [4.78, 5) is 34.9. The van der Waals surface area contributed by atoms with E-state index in [-0.39, 0.29) is 18.6 Å². The van der Waals surface area contributed by atoms with E-state index in [1.807, 2.05) is 73.6 Å². The van der Waals surface area contributed by atoms with E-state index in [0.29, 0.717) is 35.4 Å². The zero-order chi connectivity index (χ0) is 24.1. The third-order valence-corrected chi connectivity index (χ3v) is 6.45. The van der Waals surface area contributed by atoms with Crippen LogP contribution < -0.4 is 9.47 Å². The van der Waals surface area contributed by atoms with Crippen molar-refractivity contribution in [2.75, 3.05) is 34.0 Å². The molecule has 0 saturated heterocycles. The zero-order valence-corrected chi connectivity index (χ0v) is 19.4. The molecule has 2 aliphatic heterocycles. The standard InChI is InChI=1S/C28H23N3O4/c1-30(2)11-12-31-27(32)20-7-3-5-18-14-21-19(26(25(18)20)28(31)33)6-4-8-22(21)29-15-17-9-10-23-24(13-17)35-16-34-23/h3-10,13-15H,11-12,16H2,1-2H3/b29-15+. The Morgan fingerprint density at radius 1 is 0.943 bits per heavy atom. The number of fused-ring (bicyclic) bond motifs is 3. The molecule has 174 valence electrons. The predicted octanol–water partition coefficient (Wildman–Crippen LogP) is 4.63. The molecule has 0 atom stereocenters. The lowest BCUT2D eigenvalue weighted by Gasteiger charge is -2.29. The van der Waals surface area contributed by atoms with Crippen LogP contribution in [0, 0.1) is 0 Å². The molecular weight excluding hydrogens is 442 g/mol. The molecule has 7 nitrogen and oxygen atoms in total. The van der Waals surface area contributed by atoms with Gasteiger partial charge in [-0.2, -0.15) is 0 Å². The summed E-state index contributed by atoms with van der Waals surface area (Å²) in [5.41, 5.74) is 2.75. The monoisotopic (exact) mass is 465 g/mol. The second kappa shape index (κ2) is 8.21. The van der Waals surface area contributed by atoms with Gasteiger partial charge in [-0.3, -0.25) is 19.5 Å². The van der Waals surface area contributed by atoms with Crippen LogP contribution in [0.1, 0.15) is 26.3 Å². The maximum absolute atomic E-state index is 13.7. The van der Waals surface area contributed by atoms with Crippen LogP contribution in [0.25, 0.3) is 21.5 Å². The summed E-state index contributed by atoms with van der Waals surface area (Å²) < 4.78 is 10.8. The van der Waals surface area contributed by atoms with Crippen molar-refractivity contribution in [2.24, 2.45) is 4.99 Å². The van der Waals surface area contributed by atoms with E-state index in [9.17, 15) is 9.59 Å². The molecule has 0 spiro atoms. The Bertz CT molecular complexity index is 1560. The van der Waals surface area contributed by atoms with Crippen molar-refractivity contribution in [3.8, 4) is 11.5 Å². The van der Waals surface area contributed by atoms with Crippen LogP contribution in [0.15, 0.2) is 65.7 Å². The van der Waals surface area contributed by atoms with Crippen molar-refractivity contribution in [3.63, 3.8) is 0 Å². The Hall–Kier alpha value is -4.23. The molecule has 0 aliphatic carbocycles. The summed E-state index contributed by atoms with van der Waals surface area (Å²) in [6, 6.07) is 19.0. The Balaban J connectivity index is 1.49. The Morgan fingerprint density at radius 3 is 2.63 bits per heavy atom. The van der Waals surface area contributed by atoms with E-state index < -0.39 is 0 Å². The maximum atomic E-state index is 13.7. The molecule has 0 radical (unpaired) electrons. The number of carbonyl (C=O) groups is 2. The minimum Gasteiger partial charge on any atom is -0.454 e. The van der Waals surface area contributed by atoms with Crippen molar-refractivity contribution in [3.05, 3.63) is 77.4 Å². The van der Waals surface area contributed by atoms with Gasteiger partial charge < -0.3 is 14.4 Å². The Morgan fingerprint density at radius 2 is 1.77 bits per heavy atom. The van der Waals surface area contributed by atoms with Gasteiger partial charge in [-0.1, -0.05) is 24.3 Å². The molecule has 4 aromatic carbocycles. The average molecular weight is 466 g/mol. The molecule has 0 bridgehead atoms. The lowest BCUT2D eigenvalue weighted by Crippen LogP contribution is -2.43. The van der Waals surface area contributed by atoms with Crippen LogP contribution in [-0.4, -0.2) is 61.8 Å². The molecule has 4 aromatic rings. The van der Waals surface area contributed by atoms with Gasteiger partial charge in [-0.25, -0.2) is 0 Å². The quantitative estimate of drug-likeness (QED) is 0.244. The number of rotatable bonds is 5. The number of benzene rings is 4. The molecule has 2 amide bonds. The van der Waals surface area contributed by atoms with E-state index in [1.54, 1.807) is 12.3 Å².